The second-order valence-electron chi connectivity index (χ2n) is 4.04. The molecule has 0 aliphatic heterocycles. The standard InChI is InChI=1S/C12H13BrFN3S/c1-7-12(18-6-16-7)5-17(2)11-3-8(13)9(14)4-10(11)15/h3-4,6H,5,15H2,1-2H3. The quantitative estimate of drug-likeness (QED) is 0.875. The largest absolute Gasteiger partial charge is 0.397 e. The van der Waals surface area contributed by atoms with Gasteiger partial charge in [0.25, 0.3) is 0 Å². The number of halogens is 2. The maximum atomic E-state index is 13.3. The molecule has 3 nitrogen and oxygen atoms in total. The van der Waals surface area contributed by atoms with E-state index in [1.165, 1.54) is 10.9 Å². The van der Waals surface area contributed by atoms with Crippen LogP contribution in [-0.2, 0) is 6.54 Å². The van der Waals surface area contributed by atoms with E-state index in [1.54, 1.807) is 17.4 Å². The Hall–Kier alpha value is -1.14. The number of nitrogen functional groups attached to an aromatic ring is 1. The molecular weight excluding hydrogens is 317 g/mol. The van der Waals surface area contributed by atoms with Crippen molar-refractivity contribution in [1.82, 2.24) is 4.98 Å². The summed E-state index contributed by atoms with van der Waals surface area (Å²) in [7, 11) is 1.93. The van der Waals surface area contributed by atoms with Crippen LogP contribution in [0.3, 0.4) is 0 Å². The van der Waals surface area contributed by atoms with Crippen LogP contribution in [0.1, 0.15) is 10.6 Å². The van der Waals surface area contributed by atoms with Crippen LogP contribution < -0.4 is 10.6 Å². The second-order valence-corrected chi connectivity index (χ2v) is 5.84. The summed E-state index contributed by atoms with van der Waals surface area (Å²) in [6, 6.07) is 3.02. The number of benzene rings is 1. The SMILES string of the molecule is Cc1ncsc1CN(C)c1cc(Br)c(F)cc1N. The van der Waals surface area contributed by atoms with Crippen LogP contribution in [-0.4, -0.2) is 12.0 Å². The predicted molar refractivity (Wildman–Crippen MR) is 77.5 cm³/mol. The molecule has 1 aromatic heterocycles. The summed E-state index contributed by atoms with van der Waals surface area (Å²) in [6.45, 7) is 2.68. The molecule has 0 atom stereocenters. The van der Waals surface area contributed by atoms with Crippen LogP contribution in [0.4, 0.5) is 15.8 Å². The maximum absolute atomic E-state index is 13.3. The van der Waals surface area contributed by atoms with E-state index in [1.807, 2.05) is 24.4 Å². The van der Waals surface area contributed by atoms with E-state index in [-0.39, 0.29) is 5.82 Å². The van der Waals surface area contributed by atoms with Gasteiger partial charge in [-0.05, 0) is 28.9 Å². The van der Waals surface area contributed by atoms with Crippen molar-refractivity contribution in [2.24, 2.45) is 0 Å². The second kappa shape index (κ2) is 5.24. The molecule has 0 unspecified atom stereocenters. The molecule has 6 heteroatoms. The van der Waals surface area contributed by atoms with Crippen molar-refractivity contribution in [3.8, 4) is 0 Å². The van der Waals surface area contributed by atoms with E-state index < -0.39 is 0 Å². The highest BCUT2D eigenvalue weighted by atomic mass is 79.9. The van der Waals surface area contributed by atoms with Gasteiger partial charge in [0.2, 0.25) is 0 Å². The molecule has 0 radical (unpaired) electrons. The Morgan fingerprint density at radius 2 is 2.22 bits per heavy atom. The monoisotopic (exact) mass is 329 g/mol. The lowest BCUT2D eigenvalue weighted by molar-refractivity contribution is 0.621. The van der Waals surface area contributed by atoms with Crippen LogP contribution in [0, 0.1) is 12.7 Å². The van der Waals surface area contributed by atoms with Gasteiger partial charge in [-0.3, -0.25) is 0 Å². The highest BCUT2D eigenvalue weighted by Gasteiger charge is 2.12. The minimum absolute atomic E-state index is 0.348. The molecule has 0 aliphatic rings. The van der Waals surface area contributed by atoms with Crippen LogP contribution in [0.15, 0.2) is 22.1 Å². The Bertz CT molecular complexity index is 570. The fraction of sp³-hybridized carbons (Fsp3) is 0.250. The van der Waals surface area contributed by atoms with Gasteiger partial charge in [-0.1, -0.05) is 0 Å². The van der Waals surface area contributed by atoms with Gasteiger partial charge in [0.1, 0.15) is 5.82 Å². The summed E-state index contributed by atoms with van der Waals surface area (Å²) in [5.74, 6) is -0.348. The molecular formula is C12H13BrFN3S. The molecule has 0 amide bonds. The lowest BCUT2D eigenvalue weighted by Crippen LogP contribution is -2.18. The van der Waals surface area contributed by atoms with Gasteiger partial charge < -0.3 is 10.6 Å². The molecule has 0 saturated carbocycles. The van der Waals surface area contributed by atoms with Gasteiger partial charge in [-0.25, -0.2) is 9.37 Å². The molecule has 0 aliphatic carbocycles. The van der Waals surface area contributed by atoms with Gasteiger partial charge in [-0.15, -0.1) is 11.3 Å². The van der Waals surface area contributed by atoms with Crippen molar-refractivity contribution in [3.63, 3.8) is 0 Å². The first-order valence-electron chi connectivity index (χ1n) is 5.33. The molecule has 2 N–H and O–H groups in total. The summed E-state index contributed by atoms with van der Waals surface area (Å²) in [5, 5.41) is 0. The minimum atomic E-state index is -0.348. The first-order chi connectivity index (χ1) is 8.49. The Morgan fingerprint density at radius 1 is 1.50 bits per heavy atom. The molecule has 18 heavy (non-hydrogen) atoms. The molecule has 2 rings (SSSR count). The zero-order valence-corrected chi connectivity index (χ0v) is 12.5. The van der Waals surface area contributed by atoms with Crippen molar-refractivity contribution < 1.29 is 4.39 Å². The summed E-state index contributed by atoms with van der Waals surface area (Å²) in [4.78, 5) is 7.37. The van der Waals surface area contributed by atoms with E-state index in [9.17, 15) is 4.39 Å². The van der Waals surface area contributed by atoms with Crippen molar-refractivity contribution in [1.29, 1.82) is 0 Å². The van der Waals surface area contributed by atoms with Crippen molar-refractivity contribution in [3.05, 3.63) is 38.5 Å². The molecule has 0 bridgehead atoms. The zero-order valence-electron chi connectivity index (χ0n) is 10.1. The van der Waals surface area contributed by atoms with Gasteiger partial charge in [0, 0.05) is 18.0 Å². The fourth-order valence-corrected chi connectivity index (χ4v) is 2.82. The first kappa shape index (κ1) is 13.3. The number of nitrogens with zero attached hydrogens (tertiary/aromatic N) is 2. The summed E-state index contributed by atoms with van der Waals surface area (Å²) < 4.78 is 13.7. The number of hydrogen-bond acceptors (Lipinski definition) is 4. The number of hydrogen-bond donors (Lipinski definition) is 1. The highest BCUT2D eigenvalue weighted by molar-refractivity contribution is 9.10. The van der Waals surface area contributed by atoms with E-state index >= 15 is 0 Å². The minimum Gasteiger partial charge on any atom is -0.397 e. The Labute approximate surface area is 118 Å². The van der Waals surface area contributed by atoms with Crippen LogP contribution >= 0.6 is 27.3 Å². The van der Waals surface area contributed by atoms with Gasteiger partial charge in [0.05, 0.1) is 33.6 Å². The maximum Gasteiger partial charge on any atom is 0.139 e. The highest BCUT2D eigenvalue weighted by Crippen LogP contribution is 2.30. The molecule has 1 aromatic carbocycles. The molecule has 0 spiro atoms. The molecule has 1 heterocycles. The lowest BCUT2D eigenvalue weighted by atomic mass is 10.2. The van der Waals surface area contributed by atoms with Crippen molar-refractivity contribution >= 4 is 38.6 Å². The molecule has 2 aromatic rings. The summed E-state index contributed by atoms with van der Waals surface area (Å²) in [6.07, 6.45) is 0. The molecule has 0 saturated heterocycles. The fourth-order valence-electron chi connectivity index (χ4n) is 1.66. The first-order valence-corrected chi connectivity index (χ1v) is 7.01. The van der Waals surface area contributed by atoms with Crippen LogP contribution in [0.25, 0.3) is 0 Å². The van der Waals surface area contributed by atoms with Crippen LogP contribution in [0.2, 0.25) is 0 Å². The van der Waals surface area contributed by atoms with Gasteiger partial charge in [0.15, 0.2) is 0 Å². The number of anilines is 2. The number of thiazole rings is 1. The molecule has 0 fully saturated rings. The van der Waals surface area contributed by atoms with Crippen molar-refractivity contribution in [2.75, 3.05) is 17.7 Å². The van der Waals surface area contributed by atoms with Crippen LogP contribution in [0.5, 0.6) is 0 Å². The molecule has 96 valence electrons. The number of nitrogens with two attached hydrogens (primary N) is 1. The predicted octanol–water partition coefficient (Wildman–Crippen LogP) is 3.57. The topological polar surface area (TPSA) is 42.2 Å². The third-order valence-corrected chi connectivity index (χ3v) is 4.23. The lowest BCUT2D eigenvalue weighted by Gasteiger charge is -2.21. The number of rotatable bonds is 3. The Morgan fingerprint density at radius 3 is 2.83 bits per heavy atom. The summed E-state index contributed by atoms with van der Waals surface area (Å²) in [5.41, 5.74) is 9.92. The Kier molecular flexibility index (Phi) is 3.87. The van der Waals surface area contributed by atoms with E-state index in [4.69, 9.17) is 5.73 Å². The number of aromatic nitrogens is 1. The summed E-state index contributed by atoms with van der Waals surface area (Å²) >= 11 is 4.78. The van der Waals surface area contributed by atoms with Gasteiger partial charge in [-0.2, -0.15) is 0 Å². The average molecular weight is 330 g/mol. The Balaban J connectivity index is 2.26. The normalized spacial score (nSPS) is 10.7. The van der Waals surface area contributed by atoms with E-state index in [0.717, 1.165) is 11.4 Å². The third-order valence-electron chi connectivity index (χ3n) is 2.71. The van der Waals surface area contributed by atoms with Crippen molar-refractivity contribution in [2.45, 2.75) is 13.5 Å². The van der Waals surface area contributed by atoms with Gasteiger partial charge >= 0.3 is 0 Å². The zero-order chi connectivity index (χ0) is 13.3. The number of aryl methyl sites for hydroxylation is 1. The van der Waals surface area contributed by atoms with E-state index in [0.29, 0.717) is 16.7 Å². The smallest absolute Gasteiger partial charge is 0.139 e. The third kappa shape index (κ3) is 2.64. The van der Waals surface area contributed by atoms with E-state index in [2.05, 4.69) is 20.9 Å². The average Bonchev–Trinajstić information content (AvgIpc) is 2.69.